The first-order valence-corrected chi connectivity index (χ1v) is 11.0. The third-order valence-electron chi connectivity index (χ3n) is 4.53. The predicted octanol–water partition coefficient (Wildman–Crippen LogP) is 4.73. The molecule has 2 aromatic rings. The Hall–Kier alpha value is -3.26. The molecule has 1 aliphatic heterocycles. The number of hydrogen-bond acceptors (Lipinski definition) is 6. The normalized spacial score (nSPS) is 16.3. The van der Waals surface area contributed by atoms with Crippen molar-refractivity contribution in [2.45, 2.75) is 20.8 Å². The van der Waals surface area contributed by atoms with Crippen molar-refractivity contribution in [3.63, 3.8) is 0 Å². The maximum absolute atomic E-state index is 13.1. The van der Waals surface area contributed by atoms with Gasteiger partial charge in [-0.2, -0.15) is 0 Å². The first-order chi connectivity index (χ1) is 15.3. The van der Waals surface area contributed by atoms with Crippen molar-refractivity contribution in [2.24, 2.45) is 10.9 Å². The monoisotopic (exact) mass is 454 g/mol. The molecule has 168 valence electrons. The van der Waals surface area contributed by atoms with Gasteiger partial charge in [-0.3, -0.25) is 9.69 Å². The topological polar surface area (TPSA) is 88.4 Å². The summed E-state index contributed by atoms with van der Waals surface area (Å²) in [7, 11) is 1.48. The van der Waals surface area contributed by atoms with Crippen molar-refractivity contribution >= 4 is 40.6 Å². The van der Waals surface area contributed by atoms with Crippen molar-refractivity contribution in [3.8, 4) is 11.5 Å². The third kappa shape index (κ3) is 5.91. The molecule has 0 aliphatic carbocycles. The molecular formula is C24H26N2O5S. The Morgan fingerprint density at radius 3 is 2.53 bits per heavy atom. The second-order valence-corrected chi connectivity index (χ2v) is 8.75. The number of hydrogen-bond donors (Lipinski definition) is 1. The number of amidine groups is 1. The Balaban J connectivity index is 1.90. The molecule has 0 spiro atoms. The molecule has 1 N–H and O–H groups in total. The first-order valence-electron chi connectivity index (χ1n) is 10.2. The summed E-state index contributed by atoms with van der Waals surface area (Å²) in [5.41, 5.74) is 2.68. The van der Waals surface area contributed by atoms with Crippen LogP contribution in [0.2, 0.25) is 0 Å². The van der Waals surface area contributed by atoms with Gasteiger partial charge in [-0.1, -0.05) is 37.6 Å². The first kappa shape index (κ1) is 23.4. The minimum absolute atomic E-state index is 0.0975. The molecule has 1 amide bonds. The number of carboxylic acids is 1. The van der Waals surface area contributed by atoms with E-state index in [4.69, 9.17) is 19.6 Å². The molecule has 0 saturated carbocycles. The van der Waals surface area contributed by atoms with Gasteiger partial charge in [0.2, 0.25) is 0 Å². The average Bonchev–Trinajstić information content (AvgIpc) is 3.02. The Morgan fingerprint density at radius 2 is 1.91 bits per heavy atom. The molecule has 1 aliphatic rings. The van der Waals surface area contributed by atoms with Crippen LogP contribution < -0.4 is 9.47 Å². The van der Waals surface area contributed by atoms with E-state index in [0.717, 1.165) is 16.8 Å². The molecule has 2 aromatic carbocycles. The zero-order chi connectivity index (χ0) is 23.3. The molecule has 8 heteroatoms. The van der Waals surface area contributed by atoms with E-state index in [-0.39, 0.29) is 11.8 Å². The lowest BCUT2D eigenvalue weighted by Crippen LogP contribution is -2.32. The van der Waals surface area contributed by atoms with E-state index in [1.165, 1.54) is 18.9 Å². The summed E-state index contributed by atoms with van der Waals surface area (Å²) < 4.78 is 10.6. The third-order valence-corrected chi connectivity index (χ3v) is 5.54. The summed E-state index contributed by atoms with van der Waals surface area (Å²) >= 11 is 1.33. The number of amides is 1. The number of aliphatic carboxylic acids is 1. The van der Waals surface area contributed by atoms with Gasteiger partial charge in [-0.25, -0.2) is 9.79 Å². The van der Waals surface area contributed by atoms with Gasteiger partial charge < -0.3 is 14.6 Å². The second-order valence-electron chi connectivity index (χ2n) is 7.74. The predicted molar refractivity (Wildman–Crippen MR) is 127 cm³/mol. The van der Waals surface area contributed by atoms with E-state index >= 15 is 0 Å². The van der Waals surface area contributed by atoms with Crippen molar-refractivity contribution in [3.05, 3.63) is 58.5 Å². The number of nitrogens with zero attached hydrogens (tertiary/aromatic N) is 2. The maximum Gasteiger partial charge on any atom is 0.341 e. The Morgan fingerprint density at radius 1 is 1.19 bits per heavy atom. The van der Waals surface area contributed by atoms with Crippen molar-refractivity contribution in [1.82, 2.24) is 4.90 Å². The Labute approximate surface area is 191 Å². The SMILES string of the molecule is COc1cc(/C=C2/SC(=Nc3ccc(C)cc3)N(CC(C)C)C2=O)ccc1OCC(=O)O. The second kappa shape index (κ2) is 10.4. The van der Waals surface area contributed by atoms with Crippen LogP contribution in [-0.2, 0) is 9.59 Å². The van der Waals surface area contributed by atoms with Gasteiger partial charge in [0.1, 0.15) is 0 Å². The smallest absolute Gasteiger partial charge is 0.341 e. The largest absolute Gasteiger partial charge is 0.493 e. The molecule has 1 heterocycles. The van der Waals surface area contributed by atoms with Gasteiger partial charge in [-0.05, 0) is 60.5 Å². The molecule has 32 heavy (non-hydrogen) atoms. The molecule has 0 bridgehead atoms. The molecule has 7 nitrogen and oxygen atoms in total. The van der Waals surface area contributed by atoms with Crippen LogP contribution in [0.5, 0.6) is 11.5 Å². The minimum atomic E-state index is -1.07. The van der Waals surface area contributed by atoms with E-state index in [0.29, 0.717) is 28.1 Å². The summed E-state index contributed by atoms with van der Waals surface area (Å²) in [5.74, 6) is -0.168. The number of aliphatic imine (C=N–C) groups is 1. The summed E-state index contributed by atoms with van der Waals surface area (Å²) in [6.07, 6.45) is 1.78. The number of carbonyl (C=O) groups is 2. The quantitative estimate of drug-likeness (QED) is 0.580. The van der Waals surface area contributed by atoms with Crippen LogP contribution in [0.3, 0.4) is 0 Å². The number of methoxy groups -OCH3 is 1. The number of thioether (sulfide) groups is 1. The van der Waals surface area contributed by atoms with Gasteiger partial charge >= 0.3 is 5.97 Å². The van der Waals surface area contributed by atoms with Crippen LogP contribution in [0, 0.1) is 12.8 Å². The fourth-order valence-corrected chi connectivity index (χ4v) is 4.04. The highest BCUT2D eigenvalue weighted by Gasteiger charge is 2.33. The summed E-state index contributed by atoms with van der Waals surface area (Å²) in [6.45, 7) is 6.24. The highest BCUT2D eigenvalue weighted by molar-refractivity contribution is 8.18. The van der Waals surface area contributed by atoms with Gasteiger partial charge in [0.05, 0.1) is 17.7 Å². The molecule has 0 atom stereocenters. The zero-order valence-electron chi connectivity index (χ0n) is 18.5. The van der Waals surface area contributed by atoms with Crippen LogP contribution in [0.15, 0.2) is 52.4 Å². The fourth-order valence-electron chi connectivity index (χ4n) is 3.03. The molecular weight excluding hydrogens is 428 g/mol. The Bertz CT molecular complexity index is 1060. The summed E-state index contributed by atoms with van der Waals surface area (Å²) in [4.78, 5) is 30.9. The van der Waals surface area contributed by atoms with Gasteiger partial charge in [-0.15, -0.1) is 0 Å². The van der Waals surface area contributed by atoms with E-state index in [9.17, 15) is 9.59 Å². The van der Waals surface area contributed by atoms with Crippen molar-refractivity contribution in [2.75, 3.05) is 20.3 Å². The van der Waals surface area contributed by atoms with E-state index in [1.54, 1.807) is 29.2 Å². The zero-order valence-corrected chi connectivity index (χ0v) is 19.3. The minimum Gasteiger partial charge on any atom is -0.493 e. The number of benzene rings is 2. The van der Waals surface area contributed by atoms with Gasteiger partial charge in [0.15, 0.2) is 23.3 Å². The standard InChI is InChI=1S/C24H26N2O5S/c1-15(2)13-26-23(29)21(32-24(26)25-18-8-5-16(3)6-9-18)12-17-7-10-19(20(11-17)30-4)31-14-22(27)28/h5-12,15H,13-14H2,1-4H3,(H,27,28)/b21-12+,25-24?. The molecule has 0 unspecified atom stereocenters. The number of aryl methyl sites for hydroxylation is 1. The van der Waals surface area contributed by atoms with Crippen LogP contribution in [0.25, 0.3) is 6.08 Å². The highest BCUT2D eigenvalue weighted by atomic mass is 32.2. The number of carboxylic acid groups (broad SMARTS) is 1. The van der Waals surface area contributed by atoms with E-state index in [1.807, 2.05) is 31.2 Å². The van der Waals surface area contributed by atoms with Crippen LogP contribution in [0.4, 0.5) is 5.69 Å². The number of carbonyl (C=O) groups excluding carboxylic acids is 1. The van der Waals surface area contributed by atoms with Gasteiger partial charge in [0, 0.05) is 6.54 Å². The van der Waals surface area contributed by atoms with Crippen LogP contribution >= 0.6 is 11.8 Å². The van der Waals surface area contributed by atoms with E-state index < -0.39 is 12.6 Å². The Kier molecular flexibility index (Phi) is 7.58. The van der Waals surface area contributed by atoms with Crippen LogP contribution in [0.1, 0.15) is 25.0 Å². The molecule has 0 aromatic heterocycles. The molecule has 1 fully saturated rings. The molecule has 1 saturated heterocycles. The molecule has 0 radical (unpaired) electrons. The average molecular weight is 455 g/mol. The fraction of sp³-hybridized carbons (Fsp3) is 0.292. The summed E-state index contributed by atoms with van der Waals surface area (Å²) in [5, 5.41) is 9.46. The number of ether oxygens (including phenoxy) is 2. The van der Waals surface area contributed by atoms with Crippen molar-refractivity contribution < 1.29 is 24.2 Å². The van der Waals surface area contributed by atoms with Crippen molar-refractivity contribution in [1.29, 1.82) is 0 Å². The van der Waals surface area contributed by atoms with E-state index in [2.05, 4.69) is 13.8 Å². The lowest BCUT2D eigenvalue weighted by Gasteiger charge is -2.17. The van der Waals surface area contributed by atoms with Gasteiger partial charge in [0.25, 0.3) is 5.91 Å². The van der Waals surface area contributed by atoms with Crippen LogP contribution in [-0.4, -0.2) is 47.3 Å². The lowest BCUT2D eigenvalue weighted by molar-refractivity contribution is -0.139. The highest BCUT2D eigenvalue weighted by Crippen LogP contribution is 2.36. The molecule has 3 rings (SSSR count). The summed E-state index contributed by atoms with van der Waals surface area (Å²) in [6, 6.07) is 12.9. The number of rotatable bonds is 8. The lowest BCUT2D eigenvalue weighted by atomic mass is 10.1. The maximum atomic E-state index is 13.1.